The van der Waals surface area contributed by atoms with Crippen LogP contribution in [-0.4, -0.2) is 45.1 Å². The van der Waals surface area contributed by atoms with Crippen LogP contribution in [0.2, 0.25) is 0 Å². The first-order valence-corrected chi connectivity index (χ1v) is 12.7. The van der Waals surface area contributed by atoms with E-state index in [0.29, 0.717) is 0 Å². The number of rotatable bonds is 5. The Kier molecular flexibility index (Phi) is 5.98. The molecule has 0 aliphatic heterocycles. The second kappa shape index (κ2) is 8.76. The number of nitrogens with zero attached hydrogens (tertiary/aromatic N) is 2. The SMILES string of the molecule is O=C(O)c1ccc(S(=O)(=O)/N=C2/C/C(=N/S(=O)(=O)c3ccccc3)C(=O)c3ccccc32)cc1. The highest BCUT2D eigenvalue weighted by molar-refractivity contribution is 7.90. The largest absolute Gasteiger partial charge is 0.478 e. The fraction of sp³-hybridized carbons (Fsp3) is 0.0435. The lowest BCUT2D eigenvalue weighted by Crippen LogP contribution is -2.29. The Hall–Kier alpha value is -3.96. The average Bonchev–Trinajstić information content (AvgIpc) is 2.82. The molecule has 4 rings (SSSR count). The van der Waals surface area contributed by atoms with Crippen LogP contribution in [0.5, 0.6) is 0 Å². The van der Waals surface area contributed by atoms with Crippen molar-refractivity contribution in [3.05, 3.63) is 95.6 Å². The first-order chi connectivity index (χ1) is 16.1. The van der Waals surface area contributed by atoms with Crippen LogP contribution >= 0.6 is 0 Å². The molecular formula is C23H16N2O7S2. The first kappa shape index (κ1) is 23.2. The molecule has 0 spiro atoms. The third-order valence-electron chi connectivity index (χ3n) is 4.98. The number of benzene rings is 3. The number of ketones is 1. The number of Topliss-reactive ketones (excluding diaryl/α,β-unsaturated/α-hetero) is 1. The van der Waals surface area contributed by atoms with Gasteiger partial charge in [0.1, 0.15) is 5.71 Å². The monoisotopic (exact) mass is 496 g/mol. The Balaban J connectivity index is 1.81. The second-order valence-electron chi connectivity index (χ2n) is 7.22. The van der Waals surface area contributed by atoms with E-state index < -0.39 is 38.2 Å². The minimum absolute atomic E-state index is 0.0560. The fourth-order valence-corrected chi connectivity index (χ4v) is 5.42. The van der Waals surface area contributed by atoms with E-state index in [0.717, 1.165) is 24.3 Å². The number of aromatic carboxylic acids is 1. The summed E-state index contributed by atoms with van der Waals surface area (Å²) in [6.07, 6.45) is -0.422. The summed E-state index contributed by atoms with van der Waals surface area (Å²) in [5, 5.41) is 9.01. The van der Waals surface area contributed by atoms with Crippen LogP contribution in [0.1, 0.15) is 32.7 Å². The molecule has 9 nitrogen and oxygen atoms in total. The van der Waals surface area contributed by atoms with Gasteiger partial charge < -0.3 is 5.11 Å². The van der Waals surface area contributed by atoms with Crippen molar-refractivity contribution in [2.24, 2.45) is 8.80 Å². The summed E-state index contributed by atoms with van der Waals surface area (Å²) in [6.45, 7) is 0. The standard InChI is InChI=1S/C23H16N2O7S2/c26-22-19-9-5-4-8-18(19)20(14-21(22)25-33(29,30)16-6-2-1-3-7-16)24-34(31,32)17-12-10-15(11-13-17)23(27)28/h1-13H,14H2,(H,27,28)/b24-20-,25-21-. The molecule has 0 bridgehead atoms. The van der Waals surface area contributed by atoms with Crippen LogP contribution in [0.3, 0.4) is 0 Å². The quantitative estimate of drug-likeness (QED) is 0.571. The van der Waals surface area contributed by atoms with Gasteiger partial charge in [-0.15, -0.1) is 0 Å². The summed E-state index contributed by atoms with van der Waals surface area (Å²) in [5.74, 6) is -1.85. The van der Waals surface area contributed by atoms with Gasteiger partial charge in [0.15, 0.2) is 0 Å². The molecule has 3 aromatic carbocycles. The molecule has 0 heterocycles. The number of sulfonamides is 2. The number of carboxylic acid groups (broad SMARTS) is 1. The van der Waals surface area contributed by atoms with Crippen LogP contribution < -0.4 is 0 Å². The van der Waals surface area contributed by atoms with Crippen LogP contribution in [0.25, 0.3) is 0 Å². The zero-order valence-electron chi connectivity index (χ0n) is 17.3. The van der Waals surface area contributed by atoms with Crippen LogP contribution in [0, 0.1) is 0 Å². The van der Waals surface area contributed by atoms with E-state index in [1.165, 1.54) is 36.4 Å². The van der Waals surface area contributed by atoms with Gasteiger partial charge in [0.2, 0.25) is 5.78 Å². The maximum absolute atomic E-state index is 13.0. The van der Waals surface area contributed by atoms with Crippen molar-refractivity contribution >= 4 is 43.2 Å². The molecule has 34 heavy (non-hydrogen) atoms. The summed E-state index contributed by atoms with van der Waals surface area (Å²) in [4.78, 5) is 23.6. The molecule has 0 unspecified atom stereocenters. The van der Waals surface area contributed by atoms with Crippen molar-refractivity contribution in [2.75, 3.05) is 0 Å². The molecule has 0 aromatic heterocycles. The third-order valence-corrected chi connectivity index (χ3v) is 7.64. The lowest BCUT2D eigenvalue weighted by Gasteiger charge is -2.18. The molecule has 172 valence electrons. The number of hydrogen-bond acceptors (Lipinski definition) is 6. The zero-order valence-corrected chi connectivity index (χ0v) is 19.0. The Bertz CT molecular complexity index is 1570. The van der Waals surface area contributed by atoms with Gasteiger partial charge in [0.25, 0.3) is 20.0 Å². The van der Waals surface area contributed by atoms with E-state index >= 15 is 0 Å². The molecule has 0 atom stereocenters. The summed E-state index contributed by atoms with van der Waals surface area (Å²) in [7, 11) is -8.52. The number of carboxylic acids is 1. The number of hydrogen-bond donors (Lipinski definition) is 1. The van der Waals surface area contributed by atoms with Gasteiger partial charge in [-0.25, -0.2) is 4.79 Å². The fourth-order valence-electron chi connectivity index (χ4n) is 3.33. The predicted octanol–water partition coefficient (Wildman–Crippen LogP) is 2.98. The lowest BCUT2D eigenvalue weighted by molar-refractivity contribution is 0.0696. The average molecular weight is 497 g/mol. The molecule has 1 aliphatic carbocycles. The Morgan fingerprint density at radius 1 is 0.676 bits per heavy atom. The summed E-state index contributed by atoms with van der Waals surface area (Å²) >= 11 is 0. The van der Waals surface area contributed by atoms with Gasteiger partial charge in [0.05, 0.1) is 21.1 Å². The van der Waals surface area contributed by atoms with E-state index in [9.17, 15) is 26.4 Å². The van der Waals surface area contributed by atoms with E-state index in [1.807, 2.05) is 0 Å². The molecule has 3 aromatic rings. The molecule has 0 saturated heterocycles. The normalized spacial score (nSPS) is 16.4. The minimum atomic E-state index is -4.30. The lowest BCUT2D eigenvalue weighted by atomic mass is 9.88. The molecule has 1 aliphatic rings. The van der Waals surface area contributed by atoms with Crippen LogP contribution in [0.4, 0.5) is 0 Å². The molecule has 0 saturated carbocycles. The van der Waals surface area contributed by atoms with Crippen LogP contribution in [-0.2, 0) is 20.0 Å². The third kappa shape index (κ3) is 4.56. The van der Waals surface area contributed by atoms with Crippen molar-refractivity contribution in [1.29, 1.82) is 0 Å². The predicted molar refractivity (Wildman–Crippen MR) is 124 cm³/mol. The summed E-state index contributed by atoms with van der Waals surface area (Å²) in [5.41, 5.74) is -0.196. The first-order valence-electron chi connectivity index (χ1n) is 9.79. The van der Waals surface area contributed by atoms with Crippen molar-refractivity contribution in [1.82, 2.24) is 0 Å². The van der Waals surface area contributed by atoms with Gasteiger partial charge in [-0.1, -0.05) is 42.5 Å². The maximum Gasteiger partial charge on any atom is 0.335 e. The Morgan fingerprint density at radius 3 is 1.76 bits per heavy atom. The van der Waals surface area contributed by atoms with Gasteiger partial charge in [-0.2, -0.15) is 25.6 Å². The zero-order chi connectivity index (χ0) is 24.5. The van der Waals surface area contributed by atoms with E-state index in [4.69, 9.17) is 5.11 Å². The molecule has 0 amide bonds. The molecule has 11 heteroatoms. The summed E-state index contributed by atoms with van der Waals surface area (Å²) < 4.78 is 58.8. The number of carbonyl (C=O) groups excluding carboxylic acids is 1. The van der Waals surface area contributed by atoms with E-state index in [2.05, 4.69) is 8.80 Å². The number of fused-ring (bicyclic) bond motifs is 1. The van der Waals surface area contributed by atoms with Crippen molar-refractivity contribution in [3.8, 4) is 0 Å². The highest BCUT2D eigenvalue weighted by Gasteiger charge is 2.31. The Morgan fingerprint density at radius 2 is 1.18 bits per heavy atom. The van der Waals surface area contributed by atoms with Crippen LogP contribution in [0.15, 0.2) is 97.4 Å². The molecular weight excluding hydrogens is 480 g/mol. The van der Waals surface area contributed by atoms with Gasteiger partial charge in [0, 0.05) is 17.5 Å². The highest BCUT2D eigenvalue weighted by atomic mass is 32.2. The van der Waals surface area contributed by atoms with Gasteiger partial charge >= 0.3 is 5.97 Å². The van der Waals surface area contributed by atoms with E-state index in [1.54, 1.807) is 18.2 Å². The van der Waals surface area contributed by atoms with Crippen molar-refractivity contribution < 1.29 is 31.5 Å². The summed E-state index contributed by atoms with van der Waals surface area (Å²) in [6, 6.07) is 17.9. The van der Waals surface area contributed by atoms with Gasteiger partial charge in [-0.05, 0) is 36.4 Å². The van der Waals surface area contributed by atoms with Crippen molar-refractivity contribution in [3.63, 3.8) is 0 Å². The second-order valence-corrected chi connectivity index (χ2v) is 10.4. The van der Waals surface area contributed by atoms with Gasteiger partial charge in [-0.3, -0.25) is 4.79 Å². The number of carbonyl (C=O) groups is 2. The maximum atomic E-state index is 13.0. The smallest absolute Gasteiger partial charge is 0.335 e. The minimum Gasteiger partial charge on any atom is -0.478 e. The Labute approximate surface area is 195 Å². The molecule has 0 radical (unpaired) electrons. The molecule has 1 N–H and O–H groups in total. The molecule has 0 fully saturated rings. The van der Waals surface area contributed by atoms with Crippen molar-refractivity contribution in [2.45, 2.75) is 16.2 Å². The van der Waals surface area contributed by atoms with E-state index in [-0.39, 0.29) is 37.9 Å². The topological polar surface area (TPSA) is 147 Å². The highest BCUT2D eigenvalue weighted by Crippen LogP contribution is 2.25.